The Morgan fingerprint density at radius 1 is 1.35 bits per heavy atom. The lowest BCUT2D eigenvalue weighted by Crippen LogP contribution is -2.29. The average Bonchev–Trinajstić information content (AvgIpc) is 2.79. The van der Waals surface area contributed by atoms with Crippen molar-refractivity contribution >= 4 is 16.9 Å². The maximum absolute atomic E-state index is 11.3. The van der Waals surface area contributed by atoms with Gasteiger partial charge in [0.1, 0.15) is 0 Å². The van der Waals surface area contributed by atoms with Gasteiger partial charge in [0.15, 0.2) is 0 Å². The number of nitrogens with zero attached hydrogens (tertiary/aromatic N) is 1. The highest BCUT2D eigenvalue weighted by Crippen LogP contribution is 2.25. The van der Waals surface area contributed by atoms with Crippen LogP contribution in [0.4, 0.5) is 0 Å². The molecule has 0 saturated carbocycles. The summed E-state index contributed by atoms with van der Waals surface area (Å²) in [5.41, 5.74) is 1.55. The number of carboxylic acid groups (broad SMARTS) is 1. The minimum atomic E-state index is -0.781. The van der Waals surface area contributed by atoms with Crippen molar-refractivity contribution in [2.45, 2.75) is 33.9 Å². The van der Waals surface area contributed by atoms with Crippen molar-refractivity contribution in [3.05, 3.63) is 36.0 Å². The first-order chi connectivity index (χ1) is 9.45. The third kappa shape index (κ3) is 2.85. The largest absolute Gasteiger partial charge is 0.481 e. The monoisotopic (exact) mass is 274 g/mol. The third-order valence-corrected chi connectivity index (χ3v) is 3.58. The number of carboxylic acids is 1. The van der Waals surface area contributed by atoms with E-state index < -0.39 is 11.4 Å². The van der Waals surface area contributed by atoms with E-state index in [4.69, 9.17) is 0 Å². The number of nitrogens with one attached hydrogen (secondary N) is 1. The summed E-state index contributed by atoms with van der Waals surface area (Å²) in [7, 11) is 0. The normalized spacial score (nSPS) is 11.9. The first kappa shape index (κ1) is 14.6. The number of aromatic nitrogens is 1. The zero-order valence-corrected chi connectivity index (χ0v) is 12.3. The van der Waals surface area contributed by atoms with E-state index in [1.54, 1.807) is 13.8 Å². The van der Waals surface area contributed by atoms with Gasteiger partial charge in [-0.05, 0) is 37.4 Å². The van der Waals surface area contributed by atoms with E-state index in [1.807, 2.05) is 18.3 Å². The molecule has 4 nitrogen and oxygen atoms in total. The number of para-hydroxylation sites is 1. The van der Waals surface area contributed by atoms with Crippen molar-refractivity contribution < 1.29 is 9.90 Å². The molecule has 1 aromatic heterocycles. The SMILES string of the molecule is CCNCc1cccc2ccn(CC(C)(C)C(=O)O)c12. The highest BCUT2D eigenvalue weighted by Gasteiger charge is 2.28. The zero-order valence-electron chi connectivity index (χ0n) is 12.3. The molecule has 0 bridgehead atoms. The second kappa shape index (κ2) is 5.67. The van der Waals surface area contributed by atoms with E-state index in [-0.39, 0.29) is 0 Å². The first-order valence-corrected chi connectivity index (χ1v) is 6.96. The maximum atomic E-state index is 11.3. The van der Waals surface area contributed by atoms with Crippen LogP contribution in [0.3, 0.4) is 0 Å². The molecule has 0 spiro atoms. The molecule has 0 radical (unpaired) electrons. The van der Waals surface area contributed by atoms with Crippen LogP contribution in [0, 0.1) is 5.41 Å². The van der Waals surface area contributed by atoms with Crippen LogP contribution in [0.1, 0.15) is 26.3 Å². The van der Waals surface area contributed by atoms with E-state index in [1.165, 1.54) is 5.56 Å². The van der Waals surface area contributed by atoms with Crippen LogP contribution in [0.5, 0.6) is 0 Å². The van der Waals surface area contributed by atoms with Crippen molar-refractivity contribution in [3.63, 3.8) is 0 Å². The van der Waals surface area contributed by atoms with Gasteiger partial charge in [-0.2, -0.15) is 0 Å². The lowest BCUT2D eigenvalue weighted by molar-refractivity contribution is -0.147. The van der Waals surface area contributed by atoms with Crippen LogP contribution in [0.2, 0.25) is 0 Å². The van der Waals surface area contributed by atoms with Crippen LogP contribution in [0.25, 0.3) is 10.9 Å². The summed E-state index contributed by atoms with van der Waals surface area (Å²) in [4.78, 5) is 11.3. The van der Waals surface area contributed by atoms with Gasteiger partial charge in [0.05, 0.1) is 10.9 Å². The highest BCUT2D eigenvalue weighted by molar-refractivity contribution is 5.83. The Morgan fingerprint density at radius 3 is 2.75 bits per heavy atom. The Hall–Kier alpha value is -1.81. The van der Waals surface area contributed by atoms with E-state index in [2.05, 4.69) is 28.9 Å². The second-order valence-electron chi connectivity index (χ2n) is 5.77. The maximum Gasteiger partial charge on any atom is 0.310 e. The molecule has 108 valence electrons. The minimum absolute atomic E-state index is 0.467. The summed E-state index contributed by atoms with van der Waals surface area (Å²) in [6, 6.07) is 8.24. The third-order valence-electron chi connectivity index (χ3n) is 3.58. The van der Waals surface area contributed by atoms with Crippen molar-refractivity contribution in [1.29, 1.82) is 0 Å². The van der Waals surface area contributed by atoms with Crippen LogP contribution in [-0.4, -0.2) is 22.2 Å². The standard InChI is InChI=1S/C16H22N2O2/c1-4-17-10-13-7-5-6-12-8-9-18(14(12)13)11-16(2,3)15(19)20/h5-9,17H,4,10-11H2,1-3H3,(H,19,20). The molecule has 0 saturated heterocycles. The number of rotatable bonds is 6. The van der Waals surface area contributed by atoms with Crippen LogP contribution in [0.15, 0.2) is 30.5 Å². The van der Waals surface area contributed by atoms with Gasteiger partial charge in [0.25, 0.3) is 0 Å². The number of aliphatic carboxylic acids is 1. The number of benzene rings is 1. The van der Waals surface area contributed by atoms with Gasteiger partial charge in [-0.3, -0.25) is 4.79 Å². The van der Waals surface area contributed by atoms with Crippen molar-refractivity contribution in [1.82, 2.24) is 9.88 Å². The molecule has 2 rings (SSSR count). The smallest absolute Gasteiger partial charge is 0.310 e. The summed E-state index contributed by atoms with van der Waals surface area (Å²) in [6.45, 7) is 7.77. The van der Waals surface area contributed by atoms with Crippen molar-refractivity contribution in [2.24, 2.45) is 5.41 Å². The number of hydrogen-bond acceptors (Lipinski definition) is 2. The Morgan fingerprint density at radius 2 is 2.10 bits per heavy atom. The summed E-state index contributed by atoms with van der Waals surface area (Å²) < 4.78 is 2.05. The van der Waals surface area contributed by atoms with Gasteiger partial charge in [-0.15, -0.1) is 0 Å². The topological polar surface area (TPSA) is 54.3 Å². The highest BCUT2D eigenvalue weighted by atomic mass is 16.4. The van der Waals surface area contributed by atoms with Crippen molar-refractivity contribution in [2.75, 3.05) is 6.54 Å². The molecule has 2 aromatic rings. The lowest BCUT2D eigenvalue weighted by Gasteiger charge is -2.21. The van der Waals surface area contributed by atoms with Gasteiger partial charge in [-0.1, -0.05) is 25.1 Å². The van der Waals surface area contributed by atoms with E-state index in [9.17, 15) is 9.90 Å². The molecule has 0 aliphatic rings. The van der Waals surface area contributed by atoms with E-state index in [0.717, 1.165) is 24.0 Å². The summed E-state index contributed by atoms with van der Waals surface area (Å²) in [5.74, 6) is -0.775. The molecule has 0 aliphatic heterocycles. The van der Waals surface area contributed by atoms with Gasteiger partial charge < -0.3 is 15.0 Å². The van der Waals surface area contributed by atoms with Gasteiger partial charge in [0.2, 0.25) is 0 Å². The fourth-order valence-electron chi connectivity index (χ4n) is 2.37. The lowest BCUT2D eigenvalue weighted by atomic mass is 9.93. The summed E-state index contributed by atoms with van der Waals surface area (Å²) >= 11 is 0. The Balaban J connectivity index is 2.41. The molecule has 0 amide bonds. The Bertz CT molecular complexity index is 614. The Labute approximate surface area is 119 Å². The quantitative estimate of drug-likeness (QED) is 0.851. The number of hydrogen-bond donors (Lipinski definition) is 2. The summed E-state index contributed by atoms with van der Waals surface area (Å²) in [6.07, 6.45) is 1.98. The van der Waals surface area contributed by atoms with Crippen LogP contribution >= 0.6 is 0 Å². The molecular weight excluding hydrogens is 252 g/mol. The molecule has 1 aromatic carbocycles. The molecule has 0 atom stereocenters. The zero-order chi connectivity index (χ0) is 14.8. The second-order valence-corrected chi connectivity index (χ2v) is 5.77. The molecule has 0 aliphatic carbocycles. The average molecular weight is 274 g/mol. The minimum Gasteiger partial charge on any atom is -0.481 e. The van der Waals surface area contributed by atoms with Crippen molar-refractivity contribution in [3.8, 4) is 0 Å². The van der Waals surface area contributed by atoms with Gasteiger partial charge in [-0.25, -0.2) is 0 Å². The van der Waals surface area contributed by atoms with Crippen LogP contribution in [-0.2, 0) is 17.9 Å². The molecular formula is C16H22N2O2. The molecule has 0 fully saturated rings. The fourth-order valence-corrected chi connectivity index (χ4v) is 2.37. The van der Waals surface area contributed by atoms with Gasteiger partial charge >= 0.3 is 5.97 Å². The Kier molecular flexibility index (Phi) is 4.14. The predicted octanol–water partition coefficient (Wildman–Crippen LogP) is 2.86. The molecule has 1 heterocycles. The number of fused-ring (bicyclic) bond motifs is 1. The fraction of sp³-hybridized carbons (Fsp3) is 0.438. The molecule has 4 heteroatoms. The van der Waals surface area contributed by atoms with Gasteiger partial charge in [0, 0.05) is 19.3 Å². The summed E-state index contributed by atoms with van der Waals surface area (Å²) in [5, 5.41) is 13.8. The molecule has 0 unspecified atom stereocenters. The van der Waals surface area contributed by atoms with Crippen LogP contribution < -0.4 is 5.32 Å². The molecule has 2 N–H and O–H groups in total. The predicted molar refractivity (Wildman–Crippen MR) is 80.7 cm³/mol. The van der Waals surface area contributed by atoms with E-state index in [0.29, 0.717) is 6.54 Å². The first-order valence-electron chi connectivity index (χ1n) is 6.96. The molecule has 20 heavy (non-hydrogen) atoms. The van der Waals surface area contributed by atoms with E-state index >= 15 is 0 Å². The number of carbonyl (C=O) groups is 1.